The lowest BCUT2D eigenvalue weighted by atomic mass is 9.96. The van der Waals surface area contributed by atoms with Crippen LogP contribution in [0.15, 0.2) is 73.2 Å². The molecule has 8 heteroatoms. The van der Waals surface area contributed by atoms with E-state index in [4.69, 9.17) is 23.8 Å². The number of nitrogens with one attached hydrogen (secondary N) is 1. The fourth-order valence-electron chi connectivity index (χ4n) is 4.66. The van der Waals surface area contributed by atoms with Gasteiger partial charge in [-0.2, -0.15) is 0 Å². The molecule has 4 aromatic rings. The largest absolute Gasteiger partial charge is 0.506 e. The number of thiocarbonyl (C=S) groups is 1. The van der Waals surface area contributed by atoms with E-state index >= 15 is 0 Å². The number of aromatic hydroxyl groups is 1. The van der Waals surface area contributed by atoms with E-state index < -0.39 is 0 Å². The first-order valence-electron chi connectivity index (χ1n) is 11.0. The van der Waals surface area contributed by atoms with Crippen molar-refractivity contribution in [2.24, 2.45) is 0 Å². The summed E-state index contributed by atoms with van der Waals surface area (Å²) in [5.41, 5.74) is 5.90. The fraction of sp³-hybridized carbons (Fsp3) is 0.192. The second-order valence-electron chi connectivity index (χ2n) is 8.40. The van der Waals surface area contributed by atoms with Gasteiger partial charge in [0.15, 0.2) is 5.11 Å². The monoisotopic (exact) mass is 489 g/mol. The highest BCUT2D eigenvalue weighted by Crippen LogP contribution is 2.46. The molecular formula is C26H24ClN5OS. The molecule has 0 aliphatic carbocycles. The number of aryl methyl sites for hydroxylation is 1. The van der Waals surface area contributed by atoms with Gasteiger partial charge in [-0.3, -0.25) is 9.97 Å². The molecule has 3 aromatic heterocycles. The first-order chi connectivity index (χ1) is 16.4. The summed E-state index contributed by atoms with van der Waals surface area (Å²) < 4.78 is 2.28. The van der Waals surface area contributed by atoms with Crippen LogP contribution in [0.2, 0.25) is 5.02 Å². The van der Waals surface area contributed by atoms with Crippen LogP contribution < -0.4 is 10.2 Å². The highest BCUT2D eigenvalue weighted by atomic mass is 35.5. The molecule has 0 saturated carbocycles. The standard InChI is InChI=1S/C26H24ClN5OS/c1-16-12-20(17(2)31(16)15-18-6-5-10-28-14-18)25-24(21-7-3-4-11-29-21)30-26(34)32(25)22-13-19(27)8-9-23(22)33/h3-14,24-25,33H,15H2,1-2H3,(H,30,34)/t24-,25-/m0/s1. The number of pyridine rings is 2. The molecule has 0 amide bonds. The third kappa shape index (κ3) is 4.02. The molecule has 1 aliphatic rings. The van der Waals surface area contributed by atoms with E-state index in [2.05, 4.69) is 45.8 Å². The van der Waals surface area contributed by atoms with Crippen LogP contribution in [0.3, 0.4) is 0 Å². The third-order valence-electron chi connectivity index (χ3n) is 6.29. The van der Waals surface area contributed by atoms with Gasteiger partial charge in [-0.1, -0.05) is 23.7 Å². The number of anilines is 1. The SMILES string of the molecule is Cc1cc([C@H]2[C@H](c3ccccn3)NC(=S)N2c2cc(Cl)ccc2O)c(C)n1Cc1cccnc1. The maximum absolute atomic E-state index is 10.7. The van der Waals surface area contributed by atoms with Gasteiger partial charge in [0.2, 0.25) is 0 Å². The van der Waals surface area contributed by atoms with Crippen molar-refractivity contribution in [1.82, 2.24) is 19.9 Å². The lowest BCUT2D eigenvalue weighted by Crippen LogP contribution is -2.29. The van der Waals surface area contributed by atoms with E-state index in [1.165, 1.54) is 0 Å². The predicted octanol–water partition coefficient (Wildman–Crippen LogP) is 5.48. The Morgan fingerprint density at radius 3 is 2.68 bits per heavy atom. The normalized spacial score (nSPS) is 17.7. The van der Waals surface area contributed by atoms with Crippen molar-refractivity contribution < 1.29 is 5.11 Å². The second-order valence-corrected chi connectivity index (χ2v) is 9.23. The molecule has 4 heterocycles. The van der Waals surface area contributed by atoms with Gasteiger partial charge >= 0.3 is 0 Å². The van der Waals surface area contributed by atoms with Crippen molar-refractivity contribution in [2.45, 2.75) is 32.5 Å². The van der Waals surface area contributed by atoms with Gasteiger partial charge < -0.3 is 19.9 Å². The average Bonchev–Trinajstić information content (AvgIpc) is 3.32. The van der Waals surface area contributed by atoms with E-state index in [0.29, 0.717) is 22.4 Å². The molecule has 34 heavy (non-hydrogen) atoms. The van der Waals surface area contributed by atoms with Crippen molar-refractivity contribution in [2.75, 3.05) is 4.90 Å². The second kappa shape index (κ2) is 9.08. The Hall–Kier alpha value is -3.42. The maximum atomic E-state index is 10.7. The first-order valence-corrected chi connectivity index (χ1v) is 11.8. The zero-order valence-electron chi connectivity index (χ0n) is 18.8. The van der Waals surface area contributed by atoms with Crippen molar-refractivity contribution in [3.63, 3.8) is 0 Å². The Kier molecular flexibility index (Phi) is 5.98. The summed E-state index contributed by atoms with van der Waals surface area (Å²) >= 11 is 12.1. The minimum absolute atomic E-state index is 0.115. The molecule has 0 spiro atoms. The van der Waals surface area contributed by atoms with E-state index in [0.717, 1.165) is 28.2 Å². The quantitative estimate of drug-likeness (QED) is 0.362. The molecule has 6 nitrogen and oxygen atoms in total. The Bertz CT molecular complexity index is 1340. The Balaban J connectivity index is 1.65. The minimum atomic E-state index is -0.236. The predicted molar refractivity (Wildman–Crippen MR) is 138 cm³/mol. The Morgan fingerprint density at radius 2 is 1.94 bits per heavy atom. The third-order valence-corrected chi connectivity index (χ3v) is 6.84. The van der Waals surface area contributed by atoms with Crippen molar-refractivity contribution in [3.05, 3.63) is 106 Å². The van der Waals surface area contributed by atoms with Crippen LogP contribution in [0.4, 0.5) is 5.69 Å². The summed E-state index contributed by atoms with van der Waals surface area (Å²) in [7, 11) is 0. The first kappa shape index (κ1) is 22.4. The van der Waals surface area contributed by atoms with Crippen LogP contribution >= 0.6 is 23.8 Å². The maximum Gasteiger partial charge on any atom is 0.174 e. The number of phenolic OH excluding ortho intramolecular Hbond substituents is 1. The van der Waals surface area contributed by atoms with Crippen LogP contribution in [-0.4, -0.2) is 24.8 Å². The molecule has 0 bridgehead atoms. The van der Waals surface area contributed by atoms with Crippen LogP contribution in [0.1, 0.15) is 40.3 Å². The van der Waals surface area contributed by atoms with Gasteiger partial charge in [0.05, 0.1) is 23.5 Å². The molecule has 1 fully saturated rings. The van der Waals surface area contributed by atoms with Crippen LogP contribution in [-0.2, 0) is 6.54 Å². The van der Waals surface area contributed by atoms with E-state index in [1.807, 2.05) is 35.4 Å². The number of halogens is 1. The lowest BCUT2D eigenvalue weighted by molar-refractivity contribution is 0.472. The molecule has 1 saturated heterocycles. The summed E-state index contributed by atoms with van der Waals surface area (Å²) in [4.78, 5) is 10.8. The summed E-state index contributed by atoms with van der Waals surface area (Å²) in [6, 6.07) is 16.6. The van der Waals surface area contributed by atoms with Gasteiger partial charge in [0.25, 0.3) is 0 Å². The van der Waals surface area contributed by atoms with Crippen LogP contribution in [0.5, 0.6) is 5.75 Å². The topological polar surface area (TPSA) is 66.2 Å². The molecule has 172 valence electrons. The van der Waals surface area contributed by atoms with Gasteiger partial charge in [-0.05, 0) is 79.7 Å². The number of hydrogen-bond acceptors (Lipinski definition) is 4. The molecule has 0 unspecified atom stereocenters. The minimum Gasteiger partial charge on any atom is -0.506 e. The van der Waals surface area contributed by atoms with Crippen molar-refractivity contribution >= 4 is 34.6 Å². The molecule has 1 aromatic carbocycles. The Morgan fingerprint density at radius 1 is 1.09 bits per heavy atom. The number of phenols is 1. The summed E-state index contributed by atoms with van der Waals surface area (Å²) in [5.74, 6) is 0.115. The molecule has 1 aliphatic heterocycles. The molecule has 2 atom stereocenters. The van der Waals surface area contributed by atoms with Gasteiger partial charge in [0.1, 0.15) is 5.75 Å². The fourth-order valence-corrected chi connectivity index (χ4v) is 5.17. The highest BCUT2D eigenvalue weighted by Gasteiger charge is 2.43. The summed E-state index contributed by atoms with van der Waals surface area (Å²) in [6.07, 6.45) is 5.45. The zero-order chi connectivity index (χ0) is 23.8. The van der Waals surface area contributed by atoms with Crippen molar-refractivity contribution in [3.8, 4) is 5.75 Å². The zero-order valence-corrected chi connectivity index (χ0v) is 20.4. The molecule has 2 N–H and O–H groups in total. The molecule has 0 radical (unpaired) electrons. The van der Waals surface area contributed by atoms with Gasteiger partial charge in [-0.15, -0.1) is 0 Å². The average molecular weight is 490 g/mol. The summed E-state index contributed by atoms with van der Waals surface area (Å²) in [6.45, 7) is 4.93. The van der Waals surface area contributed by atoms with E-state index in [1.54, 1.807) is 30.6 Å². The van der Waals surface area contributed by atoms with Crippen LogP contribution in [0, 0.1) is 13.8 Å². The van der Waals surface area contributed by atoms with Crippen molar-refractivity contribution in [1.29, 1.82) is 0 Å². The summed E-state index contributed by atoms with van der Waals surface area (Å²) in [5, 5.41) is 15.2. The number of rotatable bonds is 5. The molecule has 5 rings (SSSR count). The smallest absolute Gasteiger partial charge is 0.174 e. The van der Waals surface area contributed by atoms with Gasteiger partial charge in [0, 0.05) is 41.5 Å². The highest BCUT2D eigenvalue weighted by molar-refractivity contribution is 7.80. The number of hydrogen-bond donors (Lipinski definition) is 2. The lowest BCUT2D eigenvalue weighted by Gasteiger charge is -2.28. The van der Waals surface area contributed by atoms with Crippen LogP contribution in [0.25, 0.3) is 0 Å². The molecular weight excluding hydrogens is 466 g/mol. The number of nitrogens with zero attached hydrogens (tertiary/aromatic N) is 4. The number of aromatic nitrogens is 3. The van der Waals surface area contributed by atoms with E-state index in [9.17, 15) is 5.11 Å². The van der Waals surface area contributed by atoms with Gasteiger partial charge in [-0.25, -0.2) is 0 Å². The Labute approximate surface area is 208 Å². The van der Waals surface area contributed by atoms with E-state index in [-0.39, 0.29) is 17.8 Å². The number of benzene rings is 1.